The first-order valence-corrected chi connectivity index (χ1v) is 4.35. The maximum Gasteiger partial charge on any atom is 0.401 e. The van der Waals surface area contributed by atoms with Crippen molar-refractivity contribution in [3.63, 3.8) is 0 Å². The Morgan fingerprint density at radius 3 is 2.00 bits per heavy atom. The van der Waals surface area contributed by atoms with Crippen LogP contribution in [0.2, 0.25) is 0 Å². The molecule has 0 aromatic heterocycles. The van der Waals surface area contributed by atoms with Crippen LogP contribution in [0.15, 0.2) is 0 Å². The third kappa shape index (κ3) is 9.63. The molecule has 0 aliphatic heterocycles. The summed E-state index contributed by atoms with van der Waals surface area (Å²) in [4.78, 5) is 0. The first kappa shape index (κ1) is 12.7. The molecular formula is C8H17F3N2. The van der Waals surface area contributed by atoms with E-state index >= 15 is 0 Å². The molecule has 0 radical (unpaired) electrons. The summed E-state index contributed by atoms with van der Waals surface area (Å²) < 4.78 is 35.2. The minimum absolute atomic E-state index is 0.163. The van der Waals surface area contributed by atoms with Crippen molar-refractivity contribution >= 4 is 0 Å². The Balaban J connectivity index is 3.46. The Labute approximate surface area is 76.9 Å². The van der Waals surface area contributed by atoms with Gasteiger partial charge in [-0.2, -0.15) is 13.2 Å². The SMILES string of the molecule is CC(C)NCC(C)NCC(F)(F)F. The first-order chi connectivity index (χ1) is 5.81. The molecule has 2 nitrogen and oxygen atoms in total. The number of hydrogen-bond donors (Lipinski definition) is 2. The van der Waals surface area contributed by atoms with Gasteiger partial charge in [-0.15, -0.1) is 0 Å². The average molecular weight is 198 g/mol. The van der Waals surface area contributed by atoms with Crippen molar-refractivity contribution in [2.75, 3.05) is 13.1 Å². The van der Waals surface area contributed by atoms with Crippen molar-refractivity contribution in [1.29, 1.82) is 0 Å². The predicted octanol–water partition coefficient (Wildman–Crippen LogP) is 1.52. The zero-order valence-corrected chi connectivity index (χ0v) is 8.20. The predicted molar refractivity (Wildman–Crippen MR) is 46.7 cm³/mol. The molecule has 1 unspecified atom stereocenters. The van der Waals surface area contributed by atoms with Gasteiger partial charge in [-0.1, -0.05) is 13.8 Å². The number of halogens is 3. The Morgan fingerprint density at radius 2 is 1.62 bits per heavy atom. The van der Waals surface area contributed by atoms with Crippen molar-refractivity contribution < 1.29 is 13.2 Å². The number of rotatable bonds is 5. The quantitative estimate of drug-likeness (QED) is 0.700. The summed E-state index contributed by atoms with van der Waals surface area (Å²) in [6.45, 7) is 5.26. The Morgan fingerprint density at radius 1 is 1.08 bits per heavy atom. The zero-order chi connectivity index (χ0) is 10.5. The molecule has 2 N–H and O–H groups in total. The summed E-state index contributed by atoms with van der Waals surface area (Å²) in [7, 11) is 0. The Bertz CT molecular complexity index is 134. The summed E-state index contributed by atoms with van der Waals surface area (Å²) in [5.41, 5.74) is 0. The van der Waals surface area contributed by atoms with Gasteiger partial charge >= 0.3 is 6.18 Å². The summed E-state index contributed by atoms with van der Waals surface area (Å²) in [5.74, 6) is 0. The maximum absolute atomic E-state index is 11.7. The van der Waals surface area contributed by atoms with E-state index in [1.165, 1.54) is 0 Å². The van der Waals surface area contributed by atoms with E-state index < -0.39 is 12.7 Å². The fourth-order valence-corrected chi connectivity index (χ4v) is 0.775. The molecule has 0 amide bonds. The van der Waals surface area contributed by atoms with Gasteiger partial charge in [0.25, 0.3) is 0 Å². The van der Waals surface area contributed by atoms with E-state index in [9.17, 15) is 13.2 Å². The molecule has 0 aromatic rings. The van der Waals surface area contributed by atoms with Crippen LogP contribution >= 0.6 is 0 Å². The standard InChI is InChI=1S/C8H17F3N2/c1-6(2)12-4-7(3)13-5-8(9,10)11/h6-7,12-13H,4-5H2,1-3H3. The van der Waals surface area contributed by atoms with Crippen molar-refractivity contribution in [3.05, 3.63) is 0 Å². The van der Waals surface area contributed by atoms with E-state index in [0.29, 0.717) is 12.6 Å². The van der Waals surface area contributed by atoms with E-state index in [2.05, 4.69) is 10.6 Å². The van der Waals surface area contributed by atoms with Gasteiger partial charge in [0, 0.05) is 18.6 Å². The molecule has 0 fully saturated rings. The van der Waals surface area contributed by atoms with E-state index in [4.69, 9.17) is 0 Å². The number of nitrogens with one attached hydrogen (secondary N) is 2. The van der Waals surface area contributed by atoms with Crippen LogP contribution in [0.3, 0.4) is 0 Å². The highest BCUT2D eigenvalue weighted by Gasteiger charge is 2.27. The van der Waals surface area contributed by atoms with Gasteiger partial charge < -0.3 is 10.6 Å². The van der Waals surface area contributed by atoms with Gasteiger partial charge in [-0.05, 0) is 6.92 Å². The molecule has 0 saturated heterocycles. The number of alkyl halides is 3. The summed E-state index contributed by atoms with van der Waals surface area (Å²) in [6.07, 6.45) is -4.12. The number of hydrogen-bond acceptors (Lipinski definition) is 2. The second-order valence-corrected chi connectivity index (χ2v) is 3.46. The molecule has 0 aliphatic rings. The highest BCUT2D eigenvalue weighted by molar-refractivity contribution is 4.67. The van der Waals surface area contributed by atoms with E-state index in [1.807, 2.05) is 13.8 Å². The van der Waals surface area contributed by atoms with Crippen molar-refractivity contribution in [3.8, 4) is 0 Å². The van der Waals surface area contributed by atoms with Crippen LogP contribution in [0, 0.1) is 0 Å². The van der Waals surface area contributed by atoms with Gasteiger partial charge in [-0.3, -0.25) is 0 Å². The second-order valence-electron chi connectivity index (χ2n) is 3.46. The van der Waals surface area contributed by atoms with Gasteiger partial charge in [0.05, 0.1) is 6.54 Å². The maximum atomic E-state index is 11.7. The molecular weight excluding hydrogens is 181 g/mol. The van der Waals surface area contributed by atoms with Crippen LogP contribution < -0.4 is 10.6 Å². The minimum atomic E-state index is -4.12. The van der Waals surface area contributed by atoms with Crippen LogP contribution in [0.25, 0.3) is 0 Å². The molecule has 0 bridgehead atoms. The normalized spacial score (nSPS) is 15.0. The Hall–Kier alpha value is -0.290. The second kappa shape index (κ2) is 5.44. The van der Waals surface area contributed by atoms with Gasteiger partial charge in [0.2, 0.25) is 0 Å². The fourth-order valence-electron chi connectivity index (χ4n) is 0.775. The minimum Gasteiger partial charge on any atom is -0.313 e. The van der Waals surface area contributed by atoms with Crippen molar-refractivity contribution in [1.82, 2.24) is 10.6 Å². The van der Waals surface area contributed by atoms with Crippen LogP contribution in [0.5, 0.6) is 0 Å². The van der Waals surface area contributed by atoms with Crippen molar-refractivity contribution in [2.45, 2.75) is 39.0 Å². The van der Waals surface area contributed by atoms with E-state index in [0.717, 1.165) is 0 Å². The molecule has 5 heteroatoms. The van der Waals surface area contributed by atoms with Crippen molar-refractivity contribution in [2.24, 2.45) is 0 Å². The summed E-state index contributed by atoms with van der Waals surface area (Å²) in [5, 5.41) is 5.44. The lowest BCUT2D eigenvalue weighted by Crippen LogP contribution is -2.42. The third-order valence-corrected chi connectivity index (χ3v) is 1.48. The molecule has 13 heavy (non-hydrogen) atoms. The zero-order valence-electron chi connectivity index (χ0n) is 8.20. The third-order valence-electron chi connectivity index (χ3n) is 1.48. The van der Waals surface area contributed by atoms with Crippen LogP contribution in [-0.4, -0.2) is 31.3 Å². The summed E-state index contributed by atoms with van der Waals surface area (Å²) >= 11 is 0. The lowest BCUT2D eigenvalue weighted by Gasteiger charge is -2.17. The van der Waals surface area contributed by atoms with Crippen LogP contribution in [0.1, 0.15) is 20.8 Å². The molecule has 0 saturated carbocycles. The van der Waals surface area contributed by atoms with Gasteiger partial charge in [0.1, 0.15) is 0 Å². The van der Waals surface area contributed by atoms with E-state index in [1.54, 1.807) is 6.92 Å². The Kier molecular flexibility index (Phi) is 5.32. The molecule has 0 aliphatic carbocycles. The lowest BCUT2D eigenvalue weighted by molar-refractivity contribution is -0.125. The van der Waals surface area contributed by atoms with Gasteiger partial charge in [-0.25, -0.2) is 0 Å². The highest BCUT2D eigenvalue weighted by Crippen LogP contribution is 2.12. The molecule has 1 atom stereocenters. The highest BCUT2D eigenvalue weighted by atomic mass is 19.4. The average Bonchev–Trinajstić information content (AvgIpc) is 1.95. The van der Waals surface area contributed by atoms with E-state index in [-0.39, 0.29) is 6.04 Å². The monoisotopic (exact) mass is 198 g/mol. The fraction of sp³-hybridized carbons (Fsp3) is 1.00. The molecule has 0 heterocycles. The van der Waals surface area contributed by atoms with Crippen LogP contribution in [0.4, 0.5) is 13.2 Å². The van der Waals surface area contributed by atoms with Gasteiger partial charge in [0.15, 0.2) is 0 Å². The largest absolute Gasteiger partial charge is 0.401 e. The smallest absolute Gasteiger partial charge is 0.313 e. The molecule has 0 spiro atoms. The summed E-state index contributed by atoms with van der Waals surface area (Å²) in [6, 6.07) is 0.138. The molecule has 0 rings (SSSR count). The van der Waals surface area contributed by atoms with Crippen LogP contribution in [-0.2, 0) is 0 Å². The molecule has 80 valence electrons. The molecule has 0 aromatic carbocycles. The topological polar surface area (TPSA) is 24.1 Å². The first-order valence-electron chi connectivity index (χ1n) is 4.35. The lowest BCUT2D eigenvalue weighted by atomic mass is 10.3.